The predicted molar refractivity (Wildman–Crippen MR) is 107 cm³/mol. The molecule has 1 N–H and O–H groups in total. The Balaban J connectivity index is 2.43. The predicted octanol–water partition coefficient (Wildman–Crippen LogP) is 5.54. The van der Waals surface area contributed by atoms with Gasteiger partial charge in [-0.15, -0.1) is 0 Å². The largest absolute Gasteiger partial charge is 0.353 e. The van der Waals surface area contributed by atoms with Crippen LogP contribution in [0.4, 0.5) is 15.8 Å². The number of amides is 1. The van der Waals surface area contributed by atoms with Crippen molar-refractivity contribution in [2.24, 2.45) is 0 Å². The lowest BCUT2D eigenvalue weighted by Gasteiger charge is -2.18. The number of nitrogens with zero attached hydrogens (tertiary/aromatic N) is 1. The van der Waals surface area contributed by atoms with Gasteiger partial charge in [-0.3, -0.25) is 4.79 Å². The van der Waals surface area contributed by atoms with Crippen LogP contribution in [0.2, 0.25) is 5.02 Å². The van der Waals surface area contributed by atoms with Crippen LogP contribution in [0.1, 0.15) is 43.4 Å². The lowest BCUT2D eigenvalue weighted by molar-refractivity contribution is -0.127. The summed E-state index contributed by atoms with van der Waals surface area (Å²) in [6.45, 7) is 5.88. The van der Waals surface area contributed by atoms with Crippen molar-refractivity contribution >= 4 is 28.9 Å². The minimum atomic E-state index is -0.350. The molecule has 2 aromatic rings. The van der Waals surface area contributed by atoms with Crippen LogP contribution in [0.15, 0.2) is 30.3 Å². The second-order valence-corrected chi connectivity index (χ2v) is 7.32. The lowest BCUT2D eigenvalue weighted by atomic mass is 10.0. The van der Waals surface area contributed by atoms with E-state index in [0.29, 0.717) is 16.3 Å². The Morgan fingerprint density at radius 3 is 2.42 bits per heavy atom. The number of hydrogen-bond donors (Lipinski definition) is 1. The minimum absolute atomic E-state index is 0.000695. The SMILES string of the molecule is CCc1ccc(Nc2ccc(Cl)c(C(C)C)c2F)c(CC(=O)N(C)C)c1. The first-order valence-electron chi connectivity index (χ1n) is 8.81. The zero-order valence-corrected chi connectivity index (χ0v) is 16.7. The van der Waals surface area contributed by atoms with Gasteiger partial charge in [0.2, 0.25) is 5.91 Å². The summed E-state index contributed by atoms with van der Waals surface area (Å²) in [5, 5.41) is 3.58. The van der Waals surface area contributed by atoms with Crippen LogP contribution in [0.3, 0.4) is 0 Å². The number of carbonyl (C=O) groups excluding carboxylic acids is 1. The van der Waals surface area contributed by atoms with Gasteiger partial charge in [-0.25, -0.2) is 4.39 Å². The van der Waals surface area contributed by atoms with Gasteiger partial charge in [0, 0.05) is 30.4 Å². The molecule has 5 heteroatoms. The Kier molecular flexibility index (Phi) is 6.65. The molecule has 0 aliphatic rings. The van der Waals surface area contributed by atoms with Crippen molar-refractivity contribution in [3.05, 3.63) is 57.9 Å². The molecule has 3 nitrogen and oxygen atoms in total. The van der Waals surface area contributed by atoms with E-state index >= 15 is 0 Å². The van der Waals surface area contributed by atoms with E-state index in [1.807, 2.05) is 32.0 Å². The summed E-state index contributed by atoms with van der Waals surface area (Å²) in [6.07, 6.45) is 1.13. The van der Waals surface area contributed by atoms with Crippen molar-refractivity contribution in [3.63, 3.8) is 0 Å². The molecule has 0 radical (unpaired) electrons. The van der Waals surface area contributed by atoms with Gasteiger partial charge >= 0.3 is 0 Å². The van der Waals surface area contributed by atoms with Crippen LogP contribution in [-0.2, 0) is 17.6 Å². The summed E-state index contributed by atoms with van der Waals surface area (Å²) in [6, 6.07) is 9.23. The molecule has 0 saturated carbocycles. The van der Waals surface area contributed by atoms with E-state index in [4.69, 9.17) is 11.6 Å². The molecule has 140 valence electrons. The molecule has 0 saturated heterocycles. The van der Waals surface area contributed by atoms with Gasteiger partial charge in [0.25, 0.3) is 0 Å². The number of likely N-dealkylation sites (N-methyl/N-ethyl adjacent to an activating group) is 1. The highest BCUT2D eigenvalue weighted by atomic mass is 35.5. The van der Waals surface area contributed by atoms with E-state index < -0.39 is 0 Å². The van der Waals surface area contributed by atoms with Crippen LogP contribution in [0.5, 0.6) is 0 Å². The van der Waals surface area contributed by atoms with Crippen LogP contribution in [-0.4, -0.2) is 24.9 Å². The maximum Gasteiger partial charge on any atom is 0.226 e. The van der Waals surface area contributed by atoms with Crippen molar-refractivity contribution in [3.8, 4) is 0 Å². The van der Waals surface area contributed by atoms with E-state index in [0.717, 1.165) is 23.2 Å². The topological polar surface area (TPSA) is 32.3 Å². The molecule has 0 spiro atoms. The van der Waals surface area contributed by atoms with E-state index in [1.54, 1.807) is 31.1 Å². The van der Waals surface area contributed by atoms with Gasteiger partial charge < -0.3 is 10.2 Å². The van der Waals surface area contributed by atoms with Gasteiger partial charge in [-0.1, -0.05) is 44.5 Å². The van der Waals surface area contributed by atoms with Crippen molar-refractivity contribution in [1.29, 1.82) is 0 Å². The number of hydrogen-bond acceptors (Lipinski definition) is 2. The number of aryl methyl sites for hydroxylation is 1. The molecule has 0 bridgehead atoms. The van der Waals surface area contributed by atoms with Crippen molar-refractivity contribution in [1.82, 2.24) is 4.90 Å². The van der Waals surface area contributed by atoms with Crippen molar-refractivity contribution < 1.29 is 9.18 Å². The lowest BCUT2D eigenvalue weighted by Crippen LogP contribution is -2.24. The molecule has 0 aromatic heterocycles. The normalized spacial score (nSPS) is 10.9. The molecule has 26 heavy (non-hydrogen) atoms. The fraction of sp³-hybridized carbons (Fsp3) is 0.381. The number of anilines is 2. The highest BCUT2D eigenvalue weighted by Gasteiger charge is 2.17. The molecule has 0 heterocycles. The van der Waals surface area contributed by atoms with E-state index in [1.165, 1.54) is 0 Å². The summed E-state index contributed by atoms with van der Waals surface area (Å²) in [4.78, 5) is 13.7. The number of benzene rings is 2. The van der Waals surface area contributed by atoms with Crippen LogP contribution in [0.25, 0.3) is 0 Å². The third-order valence-electron chi connectivity index (χ3n) is 4.39. The Morgan fingerprint density at radius 2 is 1.85 bits per heavy atom. The Bertz CT molecular complexity index is 803. The fourth-order valence-corrected chi connectivity index (χ4v) is 3.16. The number of nitrogens with one attached hydrogen (secondary N) is 1. The molecular weight excluding hydrogens is 351 g/mol. The molecule has 0 unspecified atom stereocenters. The summed E-state index contributed by atoms with van der Waals surface area (Å²) in [5.41, 5.74) is 3.57. The van der Waals surface area contributed by atoms with E-state index in [2.05, 4.69) is 12.2 Å². The first-order valence-corrected chi connectivity index (χ1v) is 9.19. The van der Waals surface area contributed by atoms with E-state index in [9.17, 15) is 9.18 Å². The maximum absolute atomic E-state index is 14.9. The van der Waals surface area contributed by atoms with Crippen LogP contribution in [0, 0.1) is 5.82 Å². The second kappa shape index (κ2) is 8.54. The Hall–Kier alpha value is -2.07. The van der Waals surface area contributed by atoms with Gasteiger partial charge in [0.05, 0.1) is 12.1 Å². The zero-order chi connectivity index (χ0) is 19.4. The molecule has 2 aromatic carbocycles. The summed E-state index contributed by atoms with van der Waals surface area (Å²) in [5.74, 6) is -0.376. The maximum atomic E-state index is 14.9. The molecule has 1 amide bonds. The highest BCUT2D eigenvalue weighted by Crippen LogP contribution is 2.33. The van der Waals surface area contributed by atoms with Crippen molar-refractivity contribution in [2.45, 2.75) is 39.5 Å². The average Bonchev–Trinajstić information content (AvgIpc) is 2.58. The van der Waals surface area contributed by atoms with Gasteiger partial charge in [0.1, 0.15) is 0 Å². The third kappa shape index (κ3) is 4.55. The summed E-state index contributed by atoms with van der Waals surface area (Å²) in [7, 11) is 3.46. The van der Waals surface area contributed by atoms with Crippen molar-refractivity contribution in [2.75, 3.05) is 19.4 Å². The standard InChI is InChI=1S/C21H26ClFN2O/c1-6-14-7-9-17(15(11-14)12-19(26)25(4)5)24-18-10-8-16(22)20(13(2)3)21(18)23/h7-11,13,24H,6,12H2,1-5H3. The van der Waals surface area contributed by atoms with Crippen LogP contribution < -0.4 is 5.32 Å². The quantitative estimate of drug-likeness (QED) is 0.717. The van der Waals surface area contributed by atoms with Gasteiger partial charge in [-0.05, 0) is 41.7 Å². The summed E-state index contributed by atoms with van der Waals surface area (Å²) >= 11 is 6.16. The second-order valence-electron chi connectivity index (χ2n) is 6.91. The average molecular weight is 377 g/mol. The van der Waals surface area contributed by atoms with Gasteiger partial charge in [0.15, 0.2) is 5.82 Å². The number of carbonyl (C=O) groups is 1. The first-order chi connectivity index (χ1) is 12.2. The Morgan fingerprint density at radius 1 is 1.19 bits per heavy atom. The summed E-state index contributed by atoms with van der Waals surface area (Å²) < 4.78 is 14.9. The zero-order valence-electron chi connectivity index (χ0n) is 16.0. The minimum Gasteiger partial charge on any atom is -0.353 e. The fourth-order valence-electron chi connectivity index (χ4n) is 2.80. The molecule has 0 fully saturated rings. The number of halogens is 2. The monoisotopic (exact) mass is 376 g/mol. The Labute approximate surface area is 160 Å². The van der Waals surface area contributed by atoms with Crippen LogP contribution >= 0.6 is 11.6 Å². The smallest absolute Gasteiger partial charge is 0.226 e. The number of rotatable bonds is 6. The third-order valence-corrected chi connectivity index (χ3v) is 4.72. The highest BCUT2D eigenvalue weighted by molar-refractivity contribution is 6.31. The van der Waals surface area contributed by atoms with E-state index in [-0.39, 0.29) is 24.1 Å². The molecule has 0 aliphatic heterocycles. The molecule has 2 rings (SSSR count). The molecular formula is C21H26ClFN2O. The molecule has 0 aliphatic carbocycles. The molecule has 0 atom stereocenters. The first kappa shape index (κ1) is 20.2. The van der Waals surface area contributed by atoms with Gasteiger partial charge in [-0.2, -0.15) is 0 Å².